The second kappa shape index (κ2) is 8.71. The van der Waals surface area contributed by atoms with E-state index in [9.17, 15) is 18.3 Å². The van der Waals surface area contributed by atoms with Gasteiger partial charge in [0.15, 0.2) is 6.04 Å². The summed E-state index contributed by atoms with van der Waals surface area (Å²) in [5.41, 5.74) is 1.40. The highest BCUT2D eigenvalue weighted by Gasteiger charge is 2.49. The van der Waals surface area contributed by atoms with Crippen LogP contribution in [0.1, 0.15) is 38.7 Å². The Labute approximate surface area is 168 Å². The van der Waals surface area contributed by atoms with Gasteiger partial charge in [0.2, 0.25) is 0 Å². The van der Waals surface area contributed by atoms with Crippen molar-refractivity contribution in [3.05, 3.63) is 39.1 Å². The minimum Gasteiger partial charge on any atom is -0.464 e. The molecule has 0 aliphatic carbocycles. The molecule has 1 aromatic rings. The van der Waals surface area contributed by atoms with Crippen LogP contribution in [0.5, 0.6) is 0 Å². The zero-order valence-corrected chi connectivity index (χ0v) is 18.1. The summed E-state index contributed by atoms with van der Waals surface area (Å²) in [5, 5.41) is 10.6. The maximum Gasteiger partial charge on any atom is 0.333 e. The number of halogens is 1. The fraction of sp³-hybridized carbons (Fsp3) is 0.500. The number of hydrogen-bond donors (Lipinski definition) is 1. The Morgan fingerprint density at radius 3 is 2.42 bits per heavy atom. The number of ether oxygens (including phenoxy) is 1. The summed E-state index contributed by atoms with van der Waals surface area (Å²) < 4.78 is 33.2. The molecule has 8 heteroatoms. The fourth-order valence-electron chi connectivity index (χ4n) is 2.86. The molecule has 0 unspecified atom stereocenters. The normalized spacial score (nSPS) is 20.6. The van der Waals surface area contributed by atoms with E-state index in [4.69, 9.17) is 4.74 Å². The third kappa shape index (κ3) is 4.07. The molecular formula is C18H24INO5S. The van der Waals surface area contributed by atoms with Crippen LogP contribution in [0.25, 0.3) is 0 Å². The minimum absolute atomic E-state index is 0.0877. The van der Waals surface area contributed by atoms with Gasteiger partial charge < -0.3 is 9.84 Å². The zero-order valence-electron chi connectivity index (χ0n) is 15.1. The smallest absolute Gasteiger partial charge is 0.333 e. The monoisotopic (exact) mass is 493 g/mol. The van der Waals surface area contributed by atoms with Crippen molar-refractivity contribution in [3.8, 4) is 0 Å². The molecular weight excluding hydrogens is 469 g/mol. The van der Waals surface area contributed by atoms with Gasteiger partial charge in [0, 0.05) is 9.28 Å². The quantitative estimate of drug-likeness (QED) is 0.466. The second-order valence-electron chi connectivity index (χ2n) is 6.15. The summed E-state index contributed by atoms with van der Waals surface area (Å²) in [6.07, 6.45) is 0.866. The van der Waals surface area contributed by atoms with E-state index in [0.29, 0.717) is 15.7 Å². The van der Waals surface area contributed by atoms with Crippen molar-refractivity contribution in [2.24, 2.45) is 0 Å². The molecule has 0 saturated carbocycles. The Kier molecular flexibility index (Phi) is 7.09. The van der Waals surface area contributed by atoms with Gasteiger partial charge in [-0.05, 0) is 61.4 Å². The molecule has 1 aliphatic heterocycles. The summed E-state index contributed by atoms with van der Waals surface area (Å²) in [6.45, 7) is 5.63. The number of aliphatic hydroxyl groups excluding tert-OH is 1. The first-order valence-electron chi connectivity index (χ1n) is 8.60. The number of carbonyl (C=O) groups is 1. The van der Waals surface area contributed by atoms with Crippen molar-refractivity contribution in [2.75, 3.05) is 6.61 Å². The maximum atomic E-state index is 13.3. The SMILES string of the molecule is CCCCC1=C(I)[C@H](O)[C@@H](C(=O)OCC)N1S(=O)(=O)c1ccc(C)cc1. The Morgan fingerprint density at radius 1 is 1.27 bits per heavy atom. The van der Waals surface area contributed by atoms with E-state index in [-0.39, 0.29) is 11.5 Å². The second-order valence-corrected chi connectivity index (χ2v) is 9.13. The topological polar surface area (TPSA) is 83.9 Å². The molecule has 0 aromatic heterocycles. The predicted molar refractivity (Wildman–Crippen MR) is 107 cm³/mol. The van der Waals surface area contributed by atoms with Crippen molar-refractivity contribution in [3.63, 3.8) is 0 Å². The van der Waals surface area contributed by atoms with Crippen LogP contribution >= 0.6 is 22.6 Å². The number of unbranched alkanes of at least 4 members (excludes halogenated alkanes) is 1. The molecule has 26 heavy (non-hydrogen) atoms. The van der Waals surface area contributed by atoms with E-state index in [0.717, 1.165) is 22.7 Å². The summed E-state index contributed by atoms with van der Waals surface area (Å²) >= 11 is 1.93. The Balaban J connectivity index is 2.55. The van der Waals surface area contributed by atoms with Crippen molar-refractivity contribution < 1.29 is 23.1 Å². The maximum absolute atomic E-state index is 13.3. The molecule has 1 aromatic carbocycles. The van der Waals surface area contributed by atoms with Gasteiger partial charge in [0.25, 0.3) is 10.0 Å². The molecule has 0 radical (unpaired) electrons. The molecule has 6 nitrogen and oxygen atoms in total. The van der Waals surface area contributed by atoms with Gasteiger partial charge in [-0.15, -0.1) is 0 Å². The number of aryl methyl sites for hydroxylation is 1. The lowest BCUT2D eigenvalue weighted by Crippen LogP contribution is -2.47. The largest absolute Gasteiger partial charge is 0.464 e. The lowest BCUT2D eigenvalue weighted by atomic mass is 10.2. The molecule has 1 heterocycles. The first kappa shape index (κ1) is 21.2. The standard InChI is InChI=1S/C18H24INO5S/c1-4-6-7-14-15(19)17(21)16(18(22)25-5-2)20(14)26(23,24)13-10-8-12(3)9-11-13/h8-11,16-17,21H,4-7H2,1-3H3/t16-,17-/m0/s1. The number of nitrogens with zero attached hydrogens (tertiary/aromatic N) is 1. The van der Waals surface area contributed by atoms with E-state index in [1.54, 1.807) is 19.1 Å². The van der Waals surface area contributed by atoms with Crippen LogP contribution in [0.15, 0.2) is 38.4 Å². The molecule has 1 N–H and O–H groups in total. The van der Waals surface area contributed by atoms with Crippen LogP contribution in [0, 0.1) is 6.92 Å². The van der Waals surface area contributed by atoms with E-state index < -0.39 is 28.1 Å². The van der Waals surface area contributed by atoms with Crippen LogP contribution < -0.4 is 0 Å². The molecule has 0 amide bonds. The van der Waals surface area contributed by atoms with Crippen LogP contribution in [0.2, 0.25) is 0 Å². The minimum atomic E-state index is -4.00. The zero-order chi connectivity index (χ0) is 19.5. The molecule has 0 saturated heterocycles. The molecule has 144 valence electrons. The van der Waals surface area contributed by atoms with Crippen molar-refractivity contribution in [1.29, 1.82) is 0 Å². The highest BCUT2D eigenvalue weighted by Crippen LogP contribution is 2.40. The number of carbonyl (C=O) groups excluding carboxylic acids is 1. The number of esters is 1. The highest BCUT2D eigenvalue weighted by atomic mass is 127. The number of rotatable bonds is 7. The van der Waals surface area contributed by atoms with Crippen molar-refractivity contribution >= 4 is 38.6 Å². The summed E-state index contributed by atoms with van der Waals surface area (Å²) in [4.78, 5) is 12.5. The van der Waals surface area contributed by atoms with E-state index in [1.807, 2.05) is 36.4 Å². The summed E-state index contributed by atoms with van der Waals surface area (Å²) in [6, 6.07) is 5.15. The van der Waals surface area contributed by atoms with Crippen molar-refractivity contribution in [1.82, 2.24) is 4.31 Å². The number of allylic oxidation sites excluding steroid dienone is 1. The van der Waals surface area contributed by atoms with Gasteiger partial charge in [-0.25, -0.2) is 13.2 Å². The summed E-state index contributed by atoms with van der Waals surface area (Å²) in [7, 11) is -4.00. The lowest BCUT2D eigenvalue weighted by Gasteiger charge is -2.28. The molecule has 1 aliphatic rings. The average Bonchev–Trinajstić information content (AvgIpc) is 2.85. The van der Waals surface area contributed by atoms with Gasteiger partial charge in [0.05, 0.1) is 11.5 Å². The van der Waals surface area contributed by atoms with E-state index in [2.05, 4.69) is 0 Å². The van der Waals surface area contributed by atoms with E-state index >= 15 is 0 Å². The molecule has 0 bridgehead atoms. The van der Waals surface area contributed by atoms with Gasteiger partial charge in [-0.3, -0.25) is 4.31 Å². The van der Waals surface area contributed by atoms with Crippen molar-refractivity contribution in [2.45, 2.75) is 57.1 Å². The molecule has 2 rings (SSSR count). The van der Waals surface area contributed by atoms with E-state index in [1.165, 1.54) is 12.1 Å². The van der Waals surface area contributed by atoms with Gasteiger partial charge in [0.1, 0.15) is 6.10 Å². The van der Waals surface area contributed by atoms with Gasteiger partial charge >= 0.3 is 5.97 Å². The van der Waals surface area contributed by atoms with Crippen LogP contribution in [0.4, 0.5) is 0 Å². The van der Waals surface area contributed by atoms with Gasteiger partial charge in [-0.1, -0.05) is 31.0 Å². The Bertz CT molecular complexity index is 788. The molecule has 0 fully saturated rings. The first-order valence-corrected chi connectivity index (χ1v) is 11.1. The van der Waals surface area contributed by atoms with Crippen LogP contribution in [0.3, 0.4) is 0 Å². The highest BCUT2D eigenvalue weighted by molar-refractivity contribution is 14.1. The Morgan fingerprint density at radius 2 is 1.88 bits per heavy atom. The third-order valence-electron chi connectivity index (χ3n) is 4.23. The lowest BCUT2D eigenvalue weighted by molar-refractivity contribution is -0.149. The van der Waals surface area contributed by atoms with Crippen LogP contribution in [-0.2, 0) is 19.6 Å². The number of sulfonamides is 1. The predicted octanol–water partition coefficient (Wildman–Crippen LogP) is 3.13. The molecule has 2 atom stereocenters. The Hall–Kier alpha value is -1.13. The third-order valence-corrected chi connectivity index (χ3v) is 7.32. The number of benzene rings is 1. The summed E-state index contributed by atoms with van der Waals surface area (Å²) in [5.74, 6) is -0.739. The van der Waals surface area contributed by atoms with Gasteiger partial charge in [-0.2, -0.15) is 0 Å². The first-order chi connectivity index (χ1) is 12.3. The average molecular weight is 493 g/mol. The fourth-order valence-corrected chi connectivity index (χ4v) is 5.58. The number of aliphatic hydroxyl groups is 1. The number of hydrogen-bond acceptors (Lipinski definition) is 5. The molecule has 0 spiro atoms. The van der Waals surface area contributed by atoms with Crippen LogP contribution in [-0.4, -0.2) is 42.6 Å².